The highest BCUT2D eigenvalue weighted by Gasteiger charge is 2.21. The van der Waals surface area contributed by atoms with Crippen LogP contribution in [0, 0.1) is 0 Å². The van der Waals surface area contributed by atoms with E-state index in [1.165, 1.54) is 0 Å². The van der Waals surface area contributed by atoms with Crippen LogP contribution in [-0.2, 0) is 0 Å². The molecule has 4 rings (SSSR count). The highest BCUT2D eigenvalue weighted by Crippen LogP contribution is 2.32. The molecule has 0 amide bonds. The number of hydrogen-bond donors (Lipinski definition) is 0. The summed E-state index contributed by atoms with van der Waals surface area (Å²) < 4.78 is 5.63. The molecule has 0 spiro atoms. The number of Topliss-reactive ketones (excluding diaryl/α,β-unsaturated/α-hetero) is 1. The Morgan fingerprint density at radius 2 is 1.88 bits per heavy atom. The van der Waals surface area contributed by atoms with Crippen molar-refractivity contribution in [3.8, 4) is 5.75 Å². The third kappa shape index (κ3) is 2.98. The van der Waals surface area contributed by atoms with Gasteiger partial charge in [0.25, 0.3) is 0 Å². The summed E-state index contributed by atoms with van der Waals surface area (Å²) in [4.78, 5) is 25.8. The molecule has 1 aliphatic heterocycles. The van der Waals surface area contributed by atoms with Crippen LogP contribution >= 0.6 is 0 Å². The molecular weight excluding hydrogens is 314 g/mol. The van der Waals surface area contributed by atoms with E-state index in [1.807, 2.05) is 47.4 Å². The molecule has 0 fully saturated rings. The number of ketones is 1. The Bertz CT molecular complexity index is 964. The molecule has 4 heteroatoms. The van der Waals surface area contributed by atoms with E-state index < -0.39 is 0 Å². The summed E-state index contributed by atoms with van der Waals surface area (Å²) in [5.74, 6) is 0.762. The second-order valence-corrected chi connectivity index (χ2v) is 6.10. The van der Waals surface area contributed by atoms with Crippen LogP contribution in [0.4, 0.5) is 5.69 Å². The first-order valence-corrected chi connectivity index (χ1v) is 8.23. The van der Waals surface area contributed by atoms with Crippen molar-refractivity contribution in [1.29, 1.82) is 0 Å². The van der Waals surface area contributed by atoms with Crippen molar-refractivity contribution in [1.82, 2.24) is 0 Å². The van der Waals surface area contributed by atoms with Gasteiger partial charge in [-0.15, -0.1) is 0 Å². The monoisotopic (exact) mass is 331 g/mol. The first-order chi connectivity index (χ1) is 12.2. The predicted molar refractivity (Wildman–Crippen MR) is 97.8 cm³/mol. The van der Waals surface area contributed by atoms with Gasteiger partial charge in [-0.3, -0.25) is 9.59 Å². The fourth-order valence-electron chi connectivity index (χ4n) is 3.15. The molecule has 0 atom stereocenters. The average molecular weight is 331 g/mol. The lowest BCUT2D eigenvalue weighted by molar-refractivity contribution is 0.0997. The van der Waals surface area contributed by atoms with Crippen molar-refractivity contribution in [3.05, 3.63) is 71.8 Å². The van der Waals surface area contributed by atoms with Gasteiger partial charge < -0.3 is 9.64 Å². The van der Waals surface area contributed by atoms with E-state index in [0.717, 1.165) is 22.7 Å². The molecule has 3 aromatic carbocycles. The molecule has 0 aliphatic carbocycles. The number of rotatable bonds is 4. The summed E-state index contributed by atoms with van der Waals surface area (Å²) in [6, 6.07) is 19.0. The molecule has 124 valence electrons. The van der Waals surface area contributed by atoms with Gasteiger partial charge in [0.15, 0.2) is 5.78 Å². The molecule has 1 heterocycles. The predicted octanol–water partition coefficient (Wildman–Crippen LogP) is 3.73. The summed E-state index contributed by atoms with van der Waals surface area (Å²) in [6.45, 7) is 1.41. The maximum Gasteiger partial charge on any atom is 0.182 e. The normalized spacial score (nSPS) is 13.2. The van der Waals surface area contributed by atoms with E-state index in [2.05, 4.69) is 0 Å². The highest BCUT2D eigenvalue weighted by molar-refractivity contribution is 6.02. The molecule has 0 saturated carbocycles. The van der Waals surface area contributed by atoms with E-state index in [9.17, 15) is 9.59 Å². The topological polar surface area (TPSA) is 46.6 Å². The smallest absolute Gasteiger partial charge is 0.182 e. The van der Waals surface area contributed by atoms with Crippen molar-refractivity contribution in [2.45, 2.75) is 0 Å². The van der Waals surface area contributed by atoms with Crippen LogP contribution in [0.1, 0.15) is 20.7 Å². The molecule has 25 heavy (non-hydrogen) atoms. The van der Waals surface area contributed by atoms with Gasteiger partial charge in [0.1, 0.15) is 18.6 Å². The van der Waals surface area contributed by atoms with Crippen molar-refractivity contribution in [2.75, 3.05) is 24.6 Å². The van der Waals surface area contributed by atoms with E-state index in [1.54, 1.807) is 18.2 Å². The molecule has 0 aromatic heterocycles. The molecule has 0 saturated heterocycles. The fourth-order valence-corrected chi connectivity index (χ4v) is 3.15. The first kappa shape index (κ1) is 15.4. The minimum absolute atomic E-state index is 0.0510. The lowest BCUT2D eigenvalue weighted by atomic mass is 10.0. The standard InChI is InChI=1S/C21H17NO3/c23-14-15-5-8-21-19(11-15)22(9-10-25-21)13-20(24)18-7-6-16-3-1-2-4-17(16)12-18/h1-8,11-12,14H,9-10,13H2. The van der Waals surface area contributed by atoms with Gasteiger partial charge in [-0.2, -0.15) is 0 Å². The minimum atomic E-state index is 0.0510. The van der Waals surface area contributed by atoms with Gasteiger partial charge in [0.2, 0.25) is 0 Å². The van der Waals surface area contributed by atoms with Crippen molar-refractivity contribution in [2.24, 2.45) is 0 Å². The van der Waals surface area contributed by atoms with Crippen LogP contribution in [0.5, 0.6) is 5.75 Å². The zero-order valence-electron chi connectivity index (χ0n) is 13.6. The molecule has 0 unspecified atom stereocenters. The Labute approximate surface area is 145 Å². The summed E-state index contributed by atoms with van der Waals surface area (Å²) >= 11 is 0. The minimum Gasteiger partial charge on any atom is -0.490 e. The number of fused-ring (bicyclic) bond motifs is 2. The van der Waals surface area contributed by atoms with Crippen LogP contribution in [-0.4, -0.2) is 31.8 Å². The second-order valence-electron chi connectivity index (χ2n) is 6.10. The first-order valence-electron chi connectivity index (χ1n) is 8.23. The SMILES string of the molecule is O=Cc1ccc2c(c1)N(CC(=O)c1ccc3ccccc3c1)CCO2. The molecule has 0 radical (unpaired) electrons. The summed E-state index contributed by atoms with van der Waals surface area (Å²) in [7, 11) is 0. The number of anilines is 1. The van der Waals surface area contributed by atoms with E-state index >= 15 is 0 Å². The summed E-state index contributed by atoms with van der Waals surface area (Å²) in [5.41, 5.74) is 2.07. The Morgan fingerprint density at radius 1 is 1.04 bits per heavy atom. The number of hydrogen-bond acceptors (Lipinski definition) is 4. The highest BCUT2D eigenvalue weighted by atomic mass is 16.5. The van der Waals surface area contributed by atoms with E-state index in [4.69, 9.17) is 4.74 Å². The Kier molecular flexibility index (Phi) is 3.94. The average Bonchev–Trinajstić information content (AvgIpc) is 2.67. The molecule has 4 nitrogen and oxygen atoms in total. The Balaban J connectivity index is 1.61. The molecule has 0 bridgehead atoms. The lowest BCUT2D eigenvalue weighted by Crippen LogP contribution is -2.36. The van der Waals surface area contributed by atoms with Gasteiger partial charge >= 0.3 is 0 Å². The number of carbonyl (C=O) groups is 2. The zero-order valence-corrected chi connectivity index (χ0v) is 13.6. The van der Waals surface area contributed by atoms with Crippen molar-refractivity contribution >= 4 is 28.5 Å². The third-order valence-corrected chi connectivity index (χ3v) is 4.48. The van der Waals surface area contributed by atoms with Gasteiger partial charge in [-0.05, 0) is 35.0 Å². The van der Waals surface area contributed by atoms with Crippen LogP contribution < -0.4 is 9.64 Å². The molecule has 1 aliphatic rings. The van der Waals surface area contributed by atoms with E-state index in [-0.39, 0.29) is 12.3 Å². The number of aldehydes is 1. The van der Waals surface area contributed by atoms with Crippen molar-refractivity contribution < 1.29 is 14.3 Å². The molecule has 0 N–H and O–H groups in total. The van der Waals surface area contributed by atoms with Crippen LogP contribution in [0.3, 0.4) is 0 Å². The molecule has 3 aromatic rings. The maximum atomic E-state index is 12.8. The van der Waals surface area contributed by atoms with E-state index in [0.29, 0.717) is 30.0 Å². The maximum absolute atomic E-state index is 12.8. The molecular formula is C21H17NO3. The lowest BCUT2D eigenvalue weighted by Gasteiger charge is -2.30. The van der Waals surface area contributed by atoms with Gasteiger partial charge in [-0.25, -0.2) is 0 Å². The Hall–Kier alpha value is -3.14. The van der Waals surface area contributed by atoms with Gasteiger partial charge in [-0.1, -0.05) is 36.4 Å². The van der Waals surface area contributed by atoms with Crippen LogP contribution in [0.2, 0.25) is 0 Å². The number of ether oxygens (including phenoxy) is 1. The number of nitrogens with zero attached hydrogens (tertiary/aromatic N) is 1. The van der Waals surface area contributed by atoms with Crippen molar-refractivity contribution in [3.63, 3.8) is 0 Å². The Morgan fingerprint density at radius 3 is 2.72 bits per heavy atom. The third-order valence-electron chi connectivity index (χ3n) is 4.48. The summed E-state index contributed by atoms with van der Waals surface area (Å²) in [5, 5.41) is 2.17. The quantitative estimate of drug-likeness (QED) is 0.540. The van der Waals surface area contributed by atoms with Gasteiger partial charge in [0.05, 0.1) is 18.8 Å². The number of benzene rings is 3. The number of carbonyl (C=O) groups excluding carboxylic acids is 2. The summed E-state index contributed by atoms with van der Waals surface area (Å²) in [6.07, 6.45) is 0.804. The largest absolute Gasteiger partial charge is 0.490 e. The van der Waals surface area contributed by atoms with Crippen LogP contribution in [0.25, 0.3) is 10.8 Å². The zero-order chi connectivity index (χ0) is 17.2. The second kappa shape index (κ2) is 6.40. The van der Waals surface area contributed by atoms with Gasteiger partial charge in [0, 0.05) is 11.1 Å². The van der Waals surface area contributed by atoms with Crippen LogP contribution in [0.15, 0.2) is 60.7 Å². The fraction of sp³-hybridized carbons (Fsp3) is 0.143.